The van der Waals surface area contributed by atoms with Gasteiger partial charge in [0.2, 0.25) is 0 Å². The van der Waals surface area contributed by atoms with Gasteiger partial charge in [-0.2, -0.15) is 16.4 Å². The van der Waals surface area contributed by atoms with E-state index < -0.39 is 0 Å². The zero-order valence-electron chi connectivity index (χ0n) is 7.59. The third kappa shape index (κ3) is 1.33. The Hall–Kier alpha value is -1.39. The maximum Gasteiger partial charge on any atom is 0.164 e. The van der Waals surface area contributed by atoms with E-state index in [9.17, 15) is 0 Å². The number of fused-ring (bicyclic) bond motifs is 1. The van der Waals surface area contributed by atoms with Crippen LogP contribution in [0.5, 0.6) is 0 Å². The monoisotopic (exact) mass is 235 g/mol. The fourth-order valence-corrected chi connectivity index (χ4v) is 2.32. The van der Waals surface area contributed by atoms with Crippen molar-refractivity contribution in [3.05, 3.63) is 40.4 Å². The molecule has 3 nitrogen and oxygen atoms in total. The van der Waals surface area contributed by atoms with Crippen molar-refractivity contribution < 1.29 is 0 Å². The van der Waals surface area contributed by atoms with Gasteiger partial charge in [0.1, 0.15) is 5.15 Å². The van der Waals surface area contributed by atoms with Crippen molar-refractivity contribution in [2.45, 2.75) is 0 Å². The Kier molecular flexibility index (Phi) is 1.97. The number of rotatable bonds is 1. The highest BCUT2D eigenvalue weighted by Crippen LogP contribution is 2.26. The highest BCUT2D eigenvalue weighted by Gasteiger charge is 2.09. The number of hydrogen-bond acceptors (Lipinski definition) is 3. The van der Waals surface area contributed by atoms with Crippen LogP contribution in [-0.2, 0) is 0 Å². The number of nitrogens with zero attached hydrogens (tertiary/aromatic N) is 3. The molecular formula is C10H6ClN3S. The van der Waals surface area contributed by atoms with Gasteiger partial charge in [-0.1, -0.05) is 11.6 Å². The highest BCUT2D eigenvalue weighted by atomic mass is 35.5. The lowest BCUT2D eigenvalue weighted by atomic mass is 10.2. The number of aromatic nitrogens is 3. The Morgan fingerprint density at radius 2 is 2.27 bits per heavy atom. The smallest absolute Gasteiger partial charge is 0.164 e. The molecule has 0 saturated carbocycles. The summed E-state index contributed by atoms with van der Waals surface area (Å²) in [6, 6.07) is 3.77. The molecule has 3 aromatic heterocycles. The molecule has 3 rings (SSSR count). The molecule has 0 fully saturated rings. The van der Waals surface area contributed by atoms with Crippen molar-refractivity contribution in [1.82, 2.24) is 14.6 Å². The Morgan fingerprint density at radius 1 is 1.33 bits per heavy atom. The van der Waals surface area contributed by atoms with Crippen molar-refractivity contribution in [3.63, 3.8) is 0 Å². The zero-order chi connectivity index (χ0) is 10.3. The molecule has 0 saturated heterocycles. The second-order valence-electron chi connectivity index (χ2n) is 3.07. The zero-order valence-corrected chi connectivity index (χ0v) is 9.16. The topological polar surface area (TPSA) is 30.2 Å². The molecule has 74 valence electrons. The summed E-state index contributed by atoms with van der Waals surface area (Å²) in [6.07, 6.45) is 3.48. The van der Waals surface area contributed by atoms with Crippen LogP contribution >= 0.6 is 22.9 Å². The summed E-state index contributed by atoms with van der Waals surface area (Å²) >= 11 is 7.65. The molecule has 0 atom stereocenters. The van der Waals surface area contributed by atoms with E-state index in [4.69, 9.17) is 11.6 Å². The maximum absolute atomic E-state index is 5.99. The molecule has 0 aromatic carbocycles. The summed E-state index contributed by atoms with van der Waals surface area (Å²) in [5, 5.41) is 8.87. The summed E-state index contributed by atoms with van der Waals surface area (Å²) in [7, 11) is 0. The number of thiophene rings is 1. The molecule has 0 spiro atoms. The van der Waals surface area contributed by atoms with Crippen LogP contribution in [0, 0.1) is 0 Å². The minimum Gasteiger partial charge on any atom is -0.236 e. The van der Waals surface area contributed by atoms with Crippen LogP contribution in [0.25, 0.3) is 16.8 Å². The Bertz CT molecular complexity index is 600. The lowest BCUT2D eigenvalue weighted by molar-refractivity contribution is 0.940. The molecular weight excluding hydrogens is 230 g/mol. The Labute approximate surface area is 95.0 Å². The molecule has 0 N–H and O–H groups in total. The van der Waals surface area contributed by atoms with E-state index >= 15 is 0 Å². The van der Waals surface area contributed by atoms with Crippen molar-refractivity contribution >= 4 is 28.6 Å². The summed E-state index contributed by atoms with van der Waals surface area (Å²) in [5.41, 5.74) is 2.93. The molecule has 0 amide bonds. The second kappa shape index (κ2) is 3.32. The third-order valence-corrected chi connectivity index (χ3v) is 3.16. The Morgan fingerprint density at radius 3 is 3.07 bits per heavy atom. The molecule has 0 unspecified atom stereocenters. The first-order chi connectivity index (χ1) is 7.36. The molecule has 0 aliphatic carbocycles. The van der Waals surface area contributed by atoms with Gasteiger partial charge in [-0.3, -0.25) is 0 Å². The Balaban J connectivity index is 2.34. The van der Waals surface area contributed by atoms with Gasteiger partial charge in [0, 0.05) is 11.8 Å². The van der Waals surface area contributed by atoms with Gasteiger partial charge >= 0.3 is 0 Å². The van der Waals surface area contributed by atoms with Crippen molar-refractivity contribution in [3.8, 4) is 11.1 Å². The van der Waals surface area contributed by atoms with Crippen LogP contribution in [0.1, 0.15) is 0 Å². The fourth-order valence-electron chi connectivity index (χ4n) is 1.48. The van der Waals surface area contributed by atoms with Gasteiger partial charge in [-0.25, -0.2) is 9.50 Å². The lowest BCUT2D eigenvalue weighted by Gasteiger charge is -1.96. The van der Waals surface area contributed by atoms with E-state index in [-0.39, 0.29) is 0 Å². The van der Waals surface area contributed by atoms with Crippen molar-refractivity contribution in [2.24, 2.45) is 0 Å². The molecule has 0 radical (unpaired) electrons. The predicted molar refractivity (Wildman–Crippen MR) is 61.3 cm³/mol. The van der Waals surface area contributed by atoms with Crippen LogP contribution < -0.4 is 0 Å². The molecule has 3 heterocycles. The van der Waals surface area contributed by atoms with E-state index in [2.05, 4.69) is 15.5 Å². The molecule has 15 heavy (non-hydrogen) atoms. The van der Waals surface area contributed by atoms with Crippen molar-refractivity contribution in [2.75, 3.05) is 0 Å². The minimum atomic E-state index is 0.571. The SMILES string of the molecule is Clc1ccnc2c(-c3ccsc3)cnn12. The molecule has 0 bridgehead atoms. The van der Waals surface area contributed by atoms with E-state index in [0.29, 0.717) is 5.15 Å². The molecule has 0 aliphatic rings. The second-order valence-corrected chi connectivity index (χ2v) is 4.24. The number of halogens is 1. The van der Waals surface area contributed by atoms with Gasteiger partial charge in [-0.15, -0.1) is 0 Å². The normalized spacial score (nSPS) is 11.0. The van der Waals surface area contributed by atoms with Gasteiger partial charge in [0.05, 0.1) is 6.20 Å². The van der Waals surface area contributed by atoms with Crippen LogP contribution in [-0.4, -0.2) is 14.6 Å². The highest BCUT2D eigenvalue weighted by molar-refractivity contribution is 7.08. The van der Waals surface area contributed by atoms with Gasteiger partial charge in [-0.05, 0) is 28.5 Å². The van der Waals surface area contributed by atoms with E-state index in [1.54, 1.807) is 34.3 Å². The van der Waals surface area contributed by atoms with Gasteiger partial charge in [0.25, 0.3) is 0 Å². The van der Waals surface area contributed by atoms with Gasteiger partial charge < -0.3 is 0 Å². The largest absolute Gasteiger partial charge is 0.236 e. The number of hydrogen-bond donors (Lipinski definition) is 0. The van der Waals surface area contributed by atoms with Crippen molar-refractivity contribution in [1.29, 1.82) is 0 Å². The standard InChI is InChI=1S/C10H6ClN3S/c11-9-1-3-12-10-8(5-13-14(9)10)7-2-4-15-6-7/h1-6H. The first-order valence-electron chi connectivity index (χ1n) is 4.37. The maximum atomic E-state index is 5.99. The van der Waals surface area contributed by atoms with E-state index in [0.717, 1.165) is 16.8 Å². The summed E-state index contributed by atoms with van der Waals surface area (Å²) in [6.45, 7) is 0. The minimum absolute atomic E-state index is 0.571. The van der Waals surface area contributed by atoms with Crippen LogP contribution in [0.4, 0.5) is 0 Å². The van der Waals surface area contributed by atoms with Crippen LogP contribution in [0.15, 0.2) is 35.3 Å². The average Bonchev–Trinajstić information content (AvgIpc) is 2.85. The summed E-state index contributed by atoms with van der Waals surface area (Å²) < 4.78 is 1.63. The summed E-state index contributed by atoms with van der Waals surface area (Å²) in [5.74, 6) is 0. The van der Waals surface area contributed by atoms with E-state index in [1.165, 1.54) is 0 Å². The lowest BCUT2D eigenvalue weighted by Crippen LogP contribution is -1.90. The first-order valence-corrected chi connectivity index (χ1v) is 5.69. The van der Waals surface area contributed by atoms with Crippen LogP contribution in [0.2, 0.25) is 5.15 Å². The fraction of sp³-hybridized carbons (Fsp3) is 0. The van der Waals surface area contributed by atoms with Gasteiger partial charge in [0.15, 0.2) is 5.65 Å². The molecule has 0 aliphatic heterocycles. The summed E-state index contributed by atoms with van der Waals surface area (Å²) in [4.78, 5) is 4.28. The average molecular weight is 236 g/mol. The first kappa shape index (κ1) is 8.88. The quantitative estimate of drug-likeness (QED) is 0.607. The third-order valence-electron chi connectivity index (χ3n) is 2.19. The van der Waals surface area contributed by atoms with E-state index in [1.807, 2.05) is 11.4 Å². The molecule has 5 heteroatoms. The van der Waals surface area contributed by atoms with Crippen LogP contribution in [0.3, 0.4) is 0 Å². The molecule has 3 aromatic rings. The predicted octanol–water partition coefficient (Wildman–Crippen LogP) is 3.11.